The summed E-state index contributed by atoms with van der Waals surface area (Å²) in [5, 5.41) is 0. The maximum atomic E-state index is 5.53. The molecule has 13 heavy (non-hydrogen) atoms. The first-order valence-corrected chi connectivity index (χ1v) is 8.23. The molecule has 0 rings (SSSR count). The van der Waals surface area contributed by atoms with E-state index in [1.54, 1.807) is 14.2 Å². The molecule has 0 saturated carbocycles. The Bertz CT molecular complexity index is 121. The van der Waals surface area contributed by atoms with Crippen molar-refractivity contribution in [2.45, 2.75) is 22.3 Å². The molecule has 0 aliphatic rings. The van der Waals surface area contributed by atoms with Crippen LogP contribution in [-0.4, -0.2) is 27.3 Å². The minimum atomic E-state index is -2.47. The molecule has 4 nitrogen and oxygen atoms in total. The normalized spacial score (nSPS) is 12.0. The van der Waals surface area contributed by atoms with Crippen LogP contribution in [0.2, 0.25) is 9.45 Å². The summed E-state index contributed by atoms with van der Waals surface area (Å²) in [6.07, 6.45) is 2.14. The van der Waals surface area contributed by atoms with Crippen LogP contribution in [0.15, 0.2) is 0 Å². The topological polar surface area (TPSA) is 70.5 Å². The van der Waals surface area contributed by atoms with Crippen LogP contribution in [0.3, 0.4) is 0 Å². The van der Waals surface area contributed by atoms with E-state index >= 15 is 0 Å². The molecule has 0 fully saturated rings. The van der Waals surface area contributed by atoms with E-state index in [9.17, 15) is 0 Å². The fourth-order valence-electron chi connectivity index (χ4n) is 1.38. The molecular weight excluding hydrogens is 204 g/mol. The average Bonchev–Trinajstić information content (AvgIpc) is 2.17. The standard InChI is InChI=1S/C4H10N.C2H6N.2CH3O.Ti/c1-2-3-4-5;1-2-3;2*1-2;/h1-5H2;1-3H2;2*1H3;/q;;2*-1;+2. The van der Waals surface area contributed by atoms with Gasteiger partial charge in [0.05, 0.1) is 0 Å². The zero-order chi connectivity index (χ0) is 10.2. The fourth-order valence-corrected chi connectivity index (χ4v) is 5.22. The molecule has 0 atom stereocenters. The quantitative estimate of drug-likeness (QED) is 0.474. The number of hydrogen-bond acceptors (Lipinski definition) is 4. The number of hydrogen-bond donors (Lipinski definition) is 2. The van der Waals surface area contributed by atoms with E-state index in [-0.39, 0.29) is 0 Å². The van der Waals surface area contributed by atoms with Crippen molar-refractivity contribution in [3.05, 3.63) is 0 Å². The van der Waals surface area contributed by atoms with Gasteiger partial charge in [-0.05, 0) is 0 Å². The summed E-state index contributed by atoms with van der Waals surface area (Å²) < 4.78 is 13.0. The predicted octanol–water partition coefficient (Wildman–Crippen LogP) is 0.797. The first kappa shape index (κ1) is 13.6. The number of rotatable bonds is 8. The van der Waals surface area contributed by atoms with E-state index in [4.69, 9.17) is 18.1 Å². The maximum absolute atomic E-state index is 5.53. The summed E-state index contributed by atoms with van der Waals surface area (Å²) in [6.45, 7) is 1.40. The summed E-state index contributed by atoms with van der Waals surface area (Å²) in [5.74, 6) is 0. The van der Waals surface area contributed by atoms with Crippen LogP contribution in [-0.2, 0) is 24.0 Å². The van der Waals surface area contributed by atoms with Crippen LogP contribution >= 0.6 is 0 Å². The molecule has 0 heterocycles. The van der Waals surface area contributed by atoms with Crippen molar-refractivity contribution in [2.24, 2.45) is 11.5 Å². The van der Waals surface area contributed by atoms with Crippen LogP contribution < -0.4 is 11.5 Å². The van der Waals surface area contributed by atoms with Crippen molar-refractivity contribution in [3.8, 4) is 0 Å². The fraction of sp³-hybridized carbons (Fsp3) is 1.00. The van der Waals surface area contributed by atoms with E-state index in [1.165, 1.54) is 0 Å². The van der Waals surface area contributed by atoms with Crippen molar-refractivity contribution in [1.82, 2.24) is 0 Å². The monoisotopic (exact) mass is 226 g/mol. The Morgan fingerprint density at radius 1 is 0.923 bits per heavy atom. The van der Waals surface area contributed by atoms with Gasteiger partial charge in [0.15, 0.2) is 0 Å². The molecule has 0 aliphatic carbocycles. The van der Waals surface area contributed by atoms with Crippen LogP contribution in [0.4, 0.5) is 0 Å². The van der Waals surface area contributed by atoms with Crippen LogP contribution in [0, 0.1) is 0 Å². The van der Waals surface area contributed by atoms with Crippen molar-refractivity contribution in [1.29, 1.82) is 0 Å². The van der Waals surface area contributed by atoms with Gasteiger partial charge in [0.1, 0.15) is 0 Å². The Morgan fingerprint density at radius 3 is 1.92 bits per heavy atom. The van der Waals surface area contributed by atoms with Gasteiger partial charge in [-0.1, -0.05) is 0 Å². The SMILES string of the molecule is C[O][Ti]([CH2]CN)([CH2]CCCN)[O]C. The average molecular weight is 226 g/mol. The van der Waals surface area contributed by atoms with Gasteiger partial charge in [-0.2, -0.15) is 0 Å². The Morgan fingerprint density at radius 2 is 1.54 bits per heavy atom. The van der Waals surface area contributed by atoms with Gasteiger partial charge < -0.3 is 0 Å². The van der Waals surface area contributed by atoms with Crippen molar-refractivity contribution in [2.75, 3.05) is 27.3 Å². The van der Waals surface area contributed by atoms with E-state index in [0.29, 0.717) is 6.54 Å². The summed E-state index contributed by atoms with van der Waals surface area (Å²) in [5.41, 5.74) is 11.0. The first-order valence-electron chi connectivity index (χ1n) is 4.75. The molecule has 0 bridgehead atoms. The van der Waals surface area contributed by atoms with Crippen molar-refractivity contribution >= 4 is 0 Å². The predicted molar refractivity (Wildman–Crippen MR) is 51.0 cm³/mol. The van der Waals surface area contributed by atoms with Crippen LogP contribution in [0.5, 0.6) is 0 Å². The van der Waals surface area contributed by atoms with Gasteiger partial charge >= 0.3 is 85.1 Å². The van der Waals surface area contributed by atoms with Gasteiger partial charge in [-0.25, -0.2) is 0 Å². The van der Waals surface area contributed by atoms with Crippen LogP contribution in [0.25, 0.3) is 0 Å². The van der Waals surface area contributed by atoms with E-state index in [0.717, 1.165) is 28.8 Å². The second-order valence-electron chi connectivity index (χ2n) is 3.10. The molecule has 0 spiro atoms. The minimum absolute atomic E-state index is 0.657. The summed E-state index contributed by atoms with van der Waals surface area (Å²) in [7, 11) is 3.48. The third kappa shape index (κ3) is 5.10. The summed E-state index contributed by atoms with van der Waals surface area (Å²) in [6, 6.07) is 0. The summed E-state index contributed by atoms with van der Waals surface area (Å²) >= 11 is -2.47. The molecular formula is C8H22N2O2Ti. The first-order chi connectivity index (χ1) is 6.24. The molecule has 0 aromatic rings. The van der Waals surface area contributed by atoms with Gasteiger partial charge in [0, 0.05) is 0 Å². The number of unbranched alkanes of at least 4 members (excludes halogenated alkanes) is 1. The number of nitrogens with two attached hydrogens (primary N) is 2. The third-order valence-corrected chi connectivity index (χ3v) is 7.99. The molecule has 0 aromatic heterocycles. The van der Waals surface area contributed by atoms with Crippen molar-refractivity contribution < 1.29 is 24.0 Å². The third-order valence-electron chi connectivity index (χ3n) is 2.28. The molecule has 0 saturated heterocycles. The second-order valence-corrected chi connectivity index (χ2v) is 8.78. The molecule has 80 valence electrons. The van der Waals surface area contributed by atoms with E-state index in [1.807, 2.05) is 0 Å². The zero-order valence-electron chi connectivity index (χ0n) is 8.71. The van der Waals surface area contributed by atoms with Gasteiger partial charge in [0.25, 0.3) is 0 Å². The molecule has 0 radical (unpaired) electrons. The molecule has 0 aromatic carbocycles. The molecule has 5 heteroatoms. The molecule has 0 amide bonds. The molecule has 4 N–H and O–H groups in total. The van der Waals surface area contributed by atoms with E-state index in [2.05, 4.69) is 0 Å². The Balaban J connectivity index is 3.89. The Labute approximate surface area is 85.3 Å². The van der Waals surface area contributed by atoms with Gasteiger partial charge in [-0.3, -0.25) is 0 Å². The van der Waals surface area contributed by atoms with Gasteiger partial charge in [0.2, 0.25) is 0 Å². The molecule has 0 unspecified atom stereocenters. The van der Waals surface area contributed by atoms with Crippen molar-refractivity contribution in [3.63, 3.8) is 0 Å². The van der Waals surface area contributed by atoms with Crippen LogP contribution in [0.1, 0.15) is 12.8 Å². The summed E-state index contributed by atoms with van der Waals surface area (Å²) in [4.78, 5) is 0. The Kier molecular flexibility index (Phi) is 8.25. The molecule has 0 aliphatic heterocycles. The van der Waals surface area contributed by atoms with Gasteiger partial charge in [-0.15, -0.1) is 0 Å². The zero-order valence-corrected chi connectivity index (χ0v) is 10.3. The van der Waals surface area contributed by atoms with E-state index < -0.39 is 17.4 Å². The second kappa shape index (κ2) is 7.91. The Hall–Kier alpha value is 0.554.